The highest BCUT2D eigenvalue weighted by Gasteiger charge is 2.24. The first-order chi connectivity index (χ1) is 14.5. The quantitative estimate of drug-likeness (QED) is 0.730. The number of rotatable bonds is 5. The molecule has 2 aromatic rings. The second-order valence-corrected chi connectivity index (χ2v) is 8.77. The third-order valence-electron chi connectivity index (χ3n) is 6.16. The molecule has 1 fully saturated rings. The lowest BCUT2D eigenvalue weighted by Gasteiger charge is -2.32. The van der Waals surface area contributed by atoms with Gasteiger partial charge in [0, 0.05) is 30.7 Å². The van der Waals surface area contributed by atoms with Crippen LogP contribution in [-0.2, 0) is 24.2 Å². The van der Waals surface area contributed by atoms with Crippen molar-refractivity contribution in [1.29, 1.82) is 0 Å². The topological polar surface area (TPSA) is 64.4 Å². The summed E-state index contributed by atoms with van der Waals surface area (Å²) in [7, 11) is 0. The largest absolute Gasteiger partial charge is 0.484 e. The minimum absolute atomic E-state index is 0.000754. The molecule has 1 aliphatic heterocycles. The highest BCUT2D eigenvalue weighted by atomic mass is 35.5. The van der Waals surface area contributed by atoms with Crippen LogP contribution in [0.25, 0.3) is 0 Å². The molecule has 1 aromatic heterocycles. The first-order valence-electron chi connectivity index (χ1n) is 10.8. The zero-order valence-corrected chi connectivity index (χ0v) is 18.2. The molecular formula is C23H28ClN3O3. The molecule has 0 radical (unpaired) electrons. The maximum atomic E-state index is 12.5. The number of halogens is 1. The van der Waals surface area contributed by atoms with Gasteiger partial charge in [-0.3, -0.25) is 9.59 Å². The second-order valence-electron chi connectivity index (χ2n) is 8.37. The first kappa shape index (κ1) is 20.9. The maximum absolute atomic E-state index is 12.5. The standard InChI is InChI=1S/C23H28ClN3O3/c1-16-12-19(6-7-20(16)24)30-15-23(29)26-10-8-17(9-11-26)14-27-22(28)13-18-4-2-3-5-21(18)25-27/h6-7,12-13,17H,2-5,8-11,14-15H2,1H3. The van der Waals surface area contributed by atoms with E-state index in [1.54, 1.807) is 22.9 Å². The van der Waals surface area contributed by atoms with Gasteiger partial charge in [-0.25, -0.2) is 4.68 Å². The fraction of sp³-hybridized carbons (Fsp3) is 0.522. The molecule has 0 N–H and O–H groups in total. The molecule has 2 heterocycles. The molecule has 30 heavy (non-hydrogen) atoms. The molecule has 0 spiro atoms. The van der Waals surface area contributed by atoms with Gasteiger partial charge in [0.25, 0.3) is 11.5 Å². The second kappa shape index (κ2) is 9.21. The summed E-state index contributed by atoms with van der Waals surface area (Å²) in [5.74, 6) is 1.00. The predicted octanol–water partition coefficient (Wildman–Crippen LogP) is 3.40. The number of carbonyl (C=O) groups excluding carboxylic acids is 1. The average molecular weight is 430 g/mol. The highest BCUT2D eigenvalue weighted by Crippen LogP contribution is 2.22. The molecule has 0 atom stereocenters. The Labute approximate surface area is 181 Å². The number of nitrogens with zero attached hydrogens (tertiary/aromatic N) is 3. The minimum Gasteiger partial charge on any atom is -0.484 e. The van der Waals surface area contributed by atoms with Gasteiger partial charge >= 0.3 is 0 Å². The third kappa shape index (κ3) is 4.86. The van der Waals surface area contributed by atoms with E-state index >= 15 is 0 Å². The van der Waals surface area contributed by atoms with Gasteiger partial charge in [-0.15, -0.1) is 0 Å². The van der Waals surface area contributed by atoms with Gasteiger partial charge in [-0.1, -0.05) is 11.6 Å². The van der Waals surface area contributed by atoms with Crippen molar-refractivity contribution in [2.75, 3.05) is 19.7 Å². The van der Waals surface area contributed by atoms with Crippen LogP contribution in [0.5, 0.6) is 5.75 Å². The van der Waals surface area contributed by atoms with E-state index in [0.29, 0.717) is 36.3 Å². The molecule has 160 valence electrons. The summed E-state index contributed by atoms with van der Waals surface area (Å²) in [6.45, 7) is 3.94. The van der Waals surface area contributed by atoms with Gasteiger partial charge < -0.3 is 9.64 Å². The van der Waals surface area contributed by atoms with Gasteiger partial charge in [0.2, 0.25) is 0 Å². The van der Waals surface area contributed by atoms with Crippen molar-refractivity contribution in [1.82, 2.24) is 14.7 Å². The molecule has 4 rings (SSSR count). The Kier molecular flexibility index (Phi) is 6.42. The molecule has 0 bridgehead atoms. The highest BCUT2D eigenvalue weighted by molar-refractivity contribution is 6.31. The van der Waals surface area contributed by atoms with E-state index in [0.717, 1.165) is 55.3 Å². The van der Waals surface area contributed by atoms with Gasteiger partial charge in [0.1, 0.15) is 5.75 Å². The molecular weight excluding hydrogens is 402 g/mol. The van der Waals surface area contributed by atoms with E-state index < -0.39 is 0 Å². The number of amides is 1. The average Bonchev–Trinajstić information content (AvgIpc) is 2.75. The summed E-state index contributed by atoms with van der Waals surface area (Å²) in [5, 5.41) is 5.32. The molecule has 2 aliphatic rings. The van der Waals surface area contributed by atoms with E-state index in [4.69, 9.17) is 16.3 Å². The summed E-state index contributed by atoms with van der Waals surface area (Å²) >= 11 is 6.02. The van der Waals surface area contributed by atoms with Crippen LogP contribution in [-0.4, -0.2) is 40.3 Å². The first-order valence-corrected chi connectivity index (χ1v) is 11.1. The molecule has 0 unspecified atom stereocenters. The number of ether oxygens (including phenoxy) is 1. The molecule has 7 heteroatoms. The van der Waals surface area contributed by atoms with E-state index in [-0.39, 0.29) is 18.1 Å². The molecule has 1 aromatic carbocycles. The monoisotopic (exact) mass is 429 g/mol. The summed E-state index contributed by atoms with van der Waals surface area (Å²) in [4.78, 5) is 26.8. The van der Waals surface area contributed by atoms with Crippen LogP contribution in [0, 0.1) is 12.8 Å². The summed E-state index contributed by atoms with van der Waals surface area (Å²) < 4.78 is 7.28. The minimum atomic E-state index is -0.00914. The van der Waals surface area contributed by atoms with Crippen LogP contribution in [0.15, 0.2) is 29.1 Å². The number of aryl methyl sites for hydroxylation is 3. The van der Waals surface area contributed by atoms with E-state index in [1.807, 2.05) is 17.9 Å². The molecule has 1 aliphatic carbocycles. The van der Waals surface area contributed by atoms with E-state index in [1.165, 1.54) is 0 Å². The number of hydrogen-bond donors (Lipinski definition) is 0. The number of benzene rings is 1. The maximum Gasteiger partial charge on any atom is 0.267 e. The predicted molar refractivity (Wildman–Crippen MR) is 116 cm³/mol. The number of carbonyl (C=O) groups is 1. The van der Waals surface area contributed by atoms with Crippen molar-refractivity contribution >= 4 is 17.5 Å². The van der Waals surface area contributed by atoms with Crippen molar-refractivity contribution in [3.05, 3.63) is 56.5 Å². The number of piperidine rings is 1. The Bertz CT molecular complexity index is 980. The van der Waals surface area contributed by atoms with Gasteiger partial charge in [0.15, 0.2) is 6.61 Å². The zero-order chi connectivity index (χ0) is 21.1. The molecule has 1 amide bonds. The SMILES string of the molecule is Cc1cc(OCC(=O)N2CCC(Cn3nc4c(cc3=O)CCCC4)CC2)ccc1Cl. The summed E-state index contributed by atoms with van der Waals surface area (Å²) in [6.07, 6.45) is 5.97. The lowest BCUT2D eigenvalue weighted by atomic mass is 9.96. The Morgan fingerprint density at radius 1 is 1.20 bits per heavy atom. The number of aromatic nitrogens is 2. The zero-order valence-electron chi connectivity index (χ0n) is 17.4. The van der Waals surface area contributed by atoms with Gasteiger partial charge in [0.05, 0.1) is 5.69 Å². The van der Waals surface area contributed by atoms with Crippen molar-refractivity contribution in [2.24, 2.45) is 5.92 Å². The van der Waals surface area contributed by atoms with Gasteiger partial charge in [-0.05, 0) is 80.7 Å². The summed E-state index contributed by atoms with van der Waals surface area (Å²) in [5.41, 5.74) is 3.14. The fourth-order valence-corrected chi connectivity index (χ4v) is 4.40. The third-order valence-corrected chi connectivity index (χ3v) is 6.59. The molecule has 1 saturated heterocycles. The van der Waals surface area contributed by atoms with Crippen molar-refractivity contribution < 1.29 is 9.53 Å². The number of likely N-dealkylation sites (tertiary alicyclic amines) is 1. The van der Waals surface area contributed by atoms with Crippen LogP contribution in [0.1, 0.15) is 42.5 Å². The fourth-order valence-electron chi connectivity index (χ4n) is 4.28. The van der Waals surface area contributed by atoms with Crippen LogP contribution in [0.4, 0.5) is 0 Å². The lowest BCUT2D eigenvalue weighted by Crippen LogP contribution is -2.42. The Balaban J connectivity index is 1.28. The van der Waals surface area contributed by atoms with Crippen LogP contribution in [0.2, 0.25) is 5.02 Å². The van der Waals surface area contributed by atoms with Crippen molar-refractivity contribution in [3.63, 3.8) is 0 Å². The smallest absolute Gasteiger partial charge is 0.267 e. The van der Waals surface area contributed by atoms with E-state index in [9.17, 15) is 9.59 Å². The normalized spacial score (nSPS) is 16.9. The van der Waals surface area contributed by atoms with Crippen LogP contribution >= 0.6 is 11.6 Å². The van der Waals surface area contributed by atoms with Gasteiger partial charge in [-0.2, -0.15) is 5.10 Å². The van der Waals surface area contributed by atoms with Crippen molar-refractivity contribution in [3.8, 4) is 5.75 Å². The Hall–Kier alpha value is -2.34. The van der Waals surface area contributed by atoms with Crippen molar-refractivity contribution in [2.45, 2.75) is 52.0 Å². The molecule has 0 saturated carbocycles. The molecule has 6 nitrogen and oxygen atoms in total. The summed E-state index contributed by atoms with van der Waals surface area (Å²) in [6, 6.07) is 7.16. The van der Waals surface area contributed by atoms with E-state index in [2.05, 4.69) is 5.10 Å². The van der Waals surface area contributed by atoms with Crippen LogP contribution in [0.3, 0.4) is 0 Å². The lowest BCUT2D eigenvalue weighted by molar-refractivity contribution is -0.134. The Morgan fingerprint density at radius 3 is 2.73 bits per heavy atom. The number of hydrogen-bond acceptors (Lipinski definition) is 4. The van der Waals surface area contributed by atoms with Crippen LogP contribution < -0.4 is 10.3 Å². The Morgan fingerprint density at radius 2 is 1.97 bits per heavy atom. The number of fused-ring (bicyclic) bond motifs is 1.